The van der Waals surface area contributed by atoms with E-state index in [0.29, 0.717) is 6.61 Å². The Kier molecular flexibility index (Phi) is 4.47. The lowest BCUT2D eigenvalue weighted by Crippen LogP contribution is -2.04. The van der Waals surface area contributed by atoms with E-state index in [0.717, 1.165) is 33.8 Å². The fraction of sp³-hybridized carbons (Fsp3) is 0.357. The first-order chi connectivity index (χ1) is 9.13. The summed E-state index contributed by atoms with van der Waals surface area (Å²) < 4.78 is 13.0. The molecule has 1 aromatic carbocycles. The first-order valence-corrected chi connectivity index (χ1v) is 7.11. The first kappa shape index (κ1) is 13.9. The number of nitrogens with zero attached hydrogens (tertiary/aromatic N) is 2. The van der Waals surface area contributed by atoms with Gasteiger partial charge < -0.3 is 9.47 Å². The third-order valence-corrected chi connectivity index (χ3v) is 3.50. The number of hydrogen-bond acceptors (Lipinski definition) is 3. The number of hydrogen-bond donors (Lipinski definition) is 0. The Morgan fingerprint density at radius 2 is 2.05 bits per heavy atom. The smallest absolute Gasteiger partial charge is 0.161 e. The summed E-state index contributed by atoms with van der Waals surface area (Å²) in [5, 5.41) is 5.09. The van der Waals surface area contributed by atoms with Gasteiger partial charge >= 0.3 is 0 Å². The second kappa shape index (κ2) is 6.10. The molecule has 0 amide bonds. The van der Waals surface area contributed by atoms with Gasteiger partial charge in [-0.3, -0.25) is 4.68 Å². The van der Waals surface area contributed by atoms with Gasteiger partial charge in [-0.05, 0) is 30.7 Å². The van der Waals surface area contributed by atoms with Crippen LogP contribution in [-0.4, -0.2) is 16.9 Å². The van der Waals surface area contributed by atoms with Crippen molar-refractivity contribution in [2.24, 2.45) is 7.05 Å². The van der Waals surface area contributed by atoms with Crippen molar-refractivity contribution >= 4 is 15.9 Å². The summed E-state index contributed by atoms with van der Waals surface area (Å²) in [5.41, 5.74) is 3.17. The van der Waals surface area contributed by atoms with Crippen LogP contribution < -0.4 is 9.47 Å². The summed E-state index contributed by atoms with van der Waals surface area (Å²) in [4.78, 5) is 0. The van der Waals surface area contributed by atoms with Crippen LogP contribution in [0.4, 0.5) is 0 Å². The summed E-state index contributed by atoms with van der Waals surface area (Å²) in [6, 6.07) is 7.93. The van der Waals surface area contributed by atoms with Gasteiger partial charge in [0.15, 0.2) is 11.5 Å². The highest BCUT2D eigenvalue weighted by Gasteiger charge is 2.08. The third-order valence-electron chi connectivity index (χ3n) is 2.86. The molecule has 0 bridgehead atoms. The van der Waals surface area contributed by atoms with Gasteiger partial charge in [-0.1, -0.05) is 22.0 Å². The zero-order valence-electron chi connectivity index (χ0n) is 11.3. The van der Waals surface area contributed by atoms with Crippen LogP contribution in [0.25, 0.3) is 0 Å². The lowest BCUT2D eigenvalue weighted by molar-refractivity contribution is 0.275. The number of benzene rings is 1. The van der Waals surface area contributed by atoms with Crippen molar-refractivity contribution in [3.8, 4) is 11.5 Å². The highest BCUT2D eigenvalue weighted by Crippen LogP contribution is 2.29. The van der Waals surface area contributed by atoms with E-state index in [9.17, 15) is 0 Å². The maximum absolute atomic E-state index is 5.81. The van der Waals surface area contributed by atoms with Gasteiger partial charge in [0.2, 0.25) is 0 Å². The monoisotopic (exact) mass is 324 g/mol. The summed E-state index contributed by atoms with van der Waals surface area (Å²) >= 11 is 3.43. The van der Waals surface area contributed by atoms with Crippen molar-refractivity contribution in [2.45, 2.75) is 18.9 Å². The number of halogens is 1. The zero-order chi connectivity index (χ0) is 13.8. The molecule has 0 saturated heterocycles. The Balaban J connectivity index is 2.13. The molecule has 0 saturated carbocycles. The molecule has 19 heavy (non-hydrogen) atoms. The molecule has 1 aromatic heterocycles. The number of aryl methyl sites for hydroxylation is 2. The number of ether oxygens (including phenoxy) is 2. The average Bonchev–Trinajstić information content (AvgIpc) is 2.74. The quantitative estimate of drug-likeness (QED) is 0.792. The highest BCUT2D eigenvalue weighted by molar-refractivity contribution is 9.08. The molecule has 0 unspecified atom stereocenters. The van der Waals surface area contributed by atoms with E-state index in [1.807, 2.05) is 42.9 Å². The minimum atomic E-state index is 0.474. The maximum atomic E-state index is 5.81. The van der Waals surface area contributed by atoms with E-state index in [1.54, 1.807) is 7.11 Å². The predicted octanol–water partition coefficient (Wildman–Crippen LogP) is 3.21. The van der Waals surface area contributed by atoms with Crippen molar-refractivity contribution in [1.29, 1.82) is 0 Å². The molecule has 0 N–H and O–H groups in total. The third kappa shape index (κ3) is 3.29. The zero-order valence-corrected chi connectivity index (χ0v) is 12.9. The average molecular weight is 325 g/mol. The summed E-state index contributed by atoms with van der Waals surface area (Å²) in [6.45, 7) is 2.44. The van der Waals surface area contributed by atoms with Gasteiger partial charge in [0, 0.05) is 12.4 Å². The molecule has 0 aliphatic heterocycles. The topological polar surface area (TPSA) is 36.3 Å². The van der Waals surface area contributed by atoms with Gasteiger partial charge in [0.05, 0.1) is 18.5 Å². The second-order valence-electron chi connectivity index (χ2n) is 4.31. The summed E-state index contributed by atoms with van der Waals surface area (Å²) in [7, 11) is 3.56. The minimum absolute atomic E-state index is 0.474. The fourth-order valence-electron chi connectivity index (χ4n) is 1.87. The number of aromatic nitrogens is 2. The van der Waals surface area contributed by atoms with Crippen molar-refractivity contribution in [2.75, 3.05) is 7.11 Å². The molecule has 2 rings (SSSR count). The van der Waals surface area contributed by atoms with E-state index in [2.05, 4.69) is 21.0 Å². The molecular weight excluding hydrogens is 308 g/mol. The Bertz CT molecular complexity index is 567. The van der Waals surface area contributed by atoms with Crippen LogP contribution in [0.2, 0.25) is 0 Å². The number of alkyl halides is 1. The van der Waals surface area contributed by atoms with Gasteiger partial charge in [0.25, 0.3) is 0 Å². The van der Waals surface area contributed by atoms with E-state index in [1.165, 1.54) is 0 Å². The van der Waals surface area contributed by atoms with Crippen molar-refractivity contribution in [1.82, 2.24) is 9.78 Å². The molecule has 2 aromatic rings. The molecule has 0 radical (unpaired) electrons. The van der Waals surface area contributed by atoms with Crippen LogP contribution in [0, 0.1) is 6.92 Å². The van der Waals surface area contributed by atoms with Crippen molar-refractivity contribution in [3.63, 3.8) is 0 Å². The lowest BCUT2D eigenvalue weighted by atomic mass is 10.2. The molecule has 5 heteroatoms. The lowest BCUT2D eigenvalue weighted by Gasteiger charge is -2.11. The normalized spacial score (nSPS) is 10.5. The molecule has 4 nitrogen and oxygen atoms in total. The van der Waals surface area contributed by atoms with Gasteiger partial charge in [-0.25, -0.2) is 0 Å². The Morgan fingerprint density at radius 3 is 2.63 bits per heavy atom. The Hall–Kier alpha value is -1.49. The van der Waals surface area contributed by atoms with E-state index in [-0.39, 0.29) is 0 Å². The van der Waals surface area contributed by atoms with Gasteiger partial charge in [0.1, 0.15) is 6.61 Å². The largest absolute Gasteiger partial charge is 0.493 e. The van der Waals surface area contributed by atoms with Crippen LogP contribution in [0.1, 0.15) is 17.0 Å². The molecule has 1 heterocycles. The van der Waals surface area contributed by atoms with Crippen LogP contribution in [0.3, 0.4) is 0 Å². The molecule has 0 fully saturated rings. The van der Waals surface area contributed by atoms with Gasteiger partial charge in [-0.2, -0.15) is 5.10 Å². The molecule has 0 spiro atoms. The Labute approximate surface area is 121 Å². The van der Waals surface area contributed by atoms with E-state index >= 15 is 0 Å². The molecule has 0 aliphatic carbocycles. The van der Waals surface area contributed by atoms with E-state index < -0.39 is 0 Å². The molecule has 102 valence electrons. The van der Waals surface area contributed by atoms with Gasteiger partial charge in [-0.15, -0.1) is 0 Å². The standard InChI is InChI=1S/C14H17BrN2O2/c1-10-6-12(17(2)16-10)9-19-13-5-4-11(8-15)7-14(13)18-3/h4-7H,8-9H2,1-3H3. The minimum Gasteiger partial charge on any atom is -0.493 e. The van der Waals surface area contributed by atoms with Crippen LogP contribution in [-0.2, 0) is 19.0 Å². The highest BCUT2D eigenvalue weighted by atomic mass is 79.9. The SMILES string of the molecule is COc1cc(CBr)ccc1OCc1cc(C)nn1C. The predicted molar refractivity (Wildman–Crippen MR) is 77.9 cm³/mol. The van der Waals surface area contributed by atoms with E-state index in [4.69, 9.17) is 9.47 Å². The summed E-state index contributed by atoms with van der Waals surface area (Å²) in [6.07, 6.45) is 0. The van der Waals surface area contributed by atoms with Crippen molar-refractivity contribution in [3.05, 3.63) is 41.2 Å². The second-order valence-corrected chi connectivity index (χ2v) is 4.87. The molecular formula is C14H17BrN2O2. The van der Waals surface area contributed by atoms with Crippen LogP contribution >= 0.6 is 15.9 Å². The number of methoxy groups -OCH3 is 1. The molecule has 0 atom stereocenters. The Morgan fingerprint density at radius 1 is 1.26 bits per heavy atom. The maximum Gasteiger partial charge on any atom is 0.161 e. The fourth-order valence-corrected chi connectivity index (χ4v) is 2.21. The van der Waals surface area contributed by atoms with Crippen LogP contribution in [0.5, 0.6) is 11.5 Å². The number of rotatable bonds is 5. The molecule has 0 aliphatic rings. The van der Waals surface area contributed by atoms with Crippen molar-refractivity contribution < 1.29 is 9.47 Å². The first-order valence-electron chi connectivity index (χ1n) is 5.99. The van der Waals surface area contributed by atoms with Crippen LogP contribution in [0.15, 0.2) is 24.3 Å². The summed E-state index contributed by atoms with van der Waals surface area (Å²) in [5.74, 6) is 1.49.